The normalized spacial score (nSPS) is 18.3. The molecule has 1 aliphatic heterocycles. The van der Waals surface area contributed by atoms with Gasteiger partial charge in [0.2, 0.25) is 0 Å². The molecule has 3 aromatic rings. The van der Waals surface area contributed by atoms with Crippen molar-refractivity contribution in [3.05, 3.63) is 81.4 Å². The van der Waals surface area contributed by atoms with Crippen LogP contribution in [0, 0.1) is 13.8 Å². The molecule has 0 spiro atoms. The second-order valence-corrected chi connectivity index (χ2v) is 9.88. The van der Waals surface area contributed by atoms with Crippen LogP contribution in [0.15, 0.2) is 48.7 Å². The van der Waals surface area contributed by atoms with Crippen molar-refractivity contribution >= 4 is 40.5 Å². The molecule has 3 heterocycles. The van der Waals surface area contributed by atoms with Gasteiger partial charge >= 0.3 is 0 Å². The summed E-state index contributed by atoms with van der Waals surface area (Å²) in [6.07, 6.45) is 2.85. The quantitative estimate of drug-likeness (QED) is 0.419. The maximum Gasteiger partial charge on any atom is 0.170 e. The highest BCUT2D eigenvalue weighted by molar-refractivity contribution is 7.80. The van der Waals surface area contributed by atoms with E-state index >= 15 is 0 Å². The summed E-state index contributed by atoms with van der Waals surface area (Å²) in [5.41, 5.74) is 5.28. The van der Waals surface area contributed by atoms with E-state index in [1.807, 2.05) is 36.5 Å². The van der Waals surface area contributed by atoms with Crippen molar-refractivity contribution in [2.45, 2.75) is 32.4 Å². The van der Waals surface area contributed by atoms with E-state index < -0.39 is 0 Å². The zero-order valence-corrected chi connectivity index (χ0v) is 21.7. The largest absolute Gasteiger partial charge is 0.352 e. The summed E-state index contributed by atoms with van der Waals surface area (Å²) in [6, 6.07) is 14.0. The summed E-state index contributed by atoms with van der Waals surface area (Å²) < 4.78 is 2.18. The zero-order chi connectivity index (χ0) is 23.7. The van der Waals surface area contributed by atoms with Gasteiger partial charge in [-0.25, -0.2) is 0 Å². The maximum atomic E-state index is 6.60. The molecule has 4 rings (SSSR count). The Balaban J connectivity index is 1.80. The molecule has 1 fully saturated rings. The Labute approximate surface area is 211 Å². The van der Waals surface area contributed by atoms with Crippen LogP contribution < -0.4 is 5.32 Å². The topological polar surface area (TPSA) is 36.3 Å². The highest BCUT2D eigenvalue weighted by Crippen LogP contribution is 2.42. The molecule has 0 amide bonds. The average Bonchev–Trinajstić information content (AvgIpc) is 3.26. The van der Waals surface area contributed by atoms with Gasteiger partial charge in [0.25, 0.3) is 0 Å². The van der Waals surface area contributed by atoms with Gasteiger partial charge in [0.1, 0.15) is 0 Å². The standard InChI is InChI=1S/C25H29Cl2N5S/c1-16-15-18(17(2)32(16)21-11-7-9-19(26)22(21)27)24-23(20-10-5-6-12-28-20)29-25(33)31(24)14-8-13-30(3)4/h5-7,9-12,15,23-24H,8,13-14H2,1-4H3,(H,29,33)/t23-,24+/m1/s1. The summed E-state index contributed by atoms with van der Waals surface area (Å²) in [5.74, 6) is 0. The van der Waals surface area contributed by atoms with E-state index in [1.165, 1.54) is 5.56 Å². The van der Waals surface area contributed by atoms with Crippen LogP contribution in [0.25, 0.3) is 5.69 Å². The van der Waals surface area contributed by atoms with E-state index in [4.69, 9.17) is 35.4 Å². The molecule has 1 N–H and O–H groups in total. The van der Waals surface area contributed by atoms with E-state index in [1.54, 1.807) is 0 Å². The van der Waals surface area contributed by atoms with Gasteiger partial charge in [-0.3, -0.25) is 4.98 Å². The maximum absolute atomic E-state index is 6.60. The molecule has 2 atom stereocenters. The number of aryl methyl sites for hydroxylation is 1. The lowest BCUT2D eigenvalue weighted by Gasteiger charge is -2.28. The molecular formula is C25H29Cl2N5S. The first kappa shape index (κ1) is 24.0. The number of pyridine rings is 1. The molecule has 0 saturated carbocycles. The summed E-state index contributed by atoms with van der Waals surface area (Å²) in [7, 11) is 4.19. The summed E-state index contributed by atoms with van der Waals surface area (Å²) >= 11 is 18.8. The lowest BCUT2D eigenvalue weighted by molar-refractivity contribution is 0.292. The van der Waals surface area contributed by atoms with Crippen molar-refractivity contribution < 1.29 is 0 Å². The Hall–Kier alpha value is -2.12. The number of nitrogens with zero attached hydrogens (tertiary/aromatic N) is 4. The van der Waals surface area contributed by atoms with Gasteiger partial charge in [-0.1, -0.05) is 35.3 Å². The smallest absolute Gasteiger partial charge is 0.170 e. The molecule has 33 heavy (non-hydrogen) atoms. The minimum Gasteiger partial charge on any atom is -0.352 e. The Kier molecular flexibility index (Phi) is 7.29. The van der Waals surface area contributed by atoms with Gasteiger partial charge in [0, 0.05) is 24.1 Å². The van der Waals surface area contributed by atoms with E-state index in [2.05, 4.69) is 64.7 Å². The molecule has 0 bridgehead atoms. The van der Waals surface area contributed by atoms with Crippen LogP contribution in [-0.2, 0) is 0 Å². The van der Waals surface area contributed by atoms with Gasteiger partial charge in [-0.2, -0.15) is 0 Å². The van der Waals surface area contributed by atoms with E-state index in [9.17, 15) is 0 Å². The van der Waals surface area contributed by atoms with Crippen molar-refractivity contribution in [3.63, 3.8) is 0 Å². The number of hydrogen-bond acceptors (Lipinski definition) is 3. The van der Waals surface area contributed by atoms with Gasteiger partial charge < -0.3 is 19.7 Å². The van der Waals surface area contributed by atoms with Crippen LogP contribution in [0.5, 0.6) is 0 Å². The number of aromatic nitrogens is 2. The van der Waals surface area contributed by atoms with E-state index in [0.29, 0.717) is 10.0 Å². The molecule has 0 aliphatic carbocycles. The second-order valence-electron chi connectivity index (χ2n) is 8.71. The van der Waals surface area contributed by atoms with Crippen molar-refractivity contribution in [1.82, 2.24) is 24.7 Å². The van der Waals surface area contributed by atoms with Gasteiger partial charge in [-0.05, 0) is 89.0 Å². The van der Waals surface area contributed by atoms with Crippen LogP contribution >= 0.6 is 35.4 Å². The van der Waals surface area contributed by atoms with Crippen molar-refractivity contribution in [1.29, 1.82) is 0 Å². The van der Waals surface area contributed by atoms with E-state index in [-0.39, 0.29) is 12.1 Å². The summed E-state index contributed by atoms with van der Waals surface area (Å²) in [6.45, 7) is 6.09. The van der Waals surface area contributed by atoms with Crippen molar-refractivity contribution in [2.24, 2.45) is 0 Å². The molecule has 1 aromatic carbocycles. The van der Waals surface area contributed by atoms with Crippen LogP contribution in [0.2, 0.25) is 10.0 Å². The van der Waals surface area contributed by atoms with Gasteiger partial charge in [-0.15, -0.1) is 0 Å². The first-order valence-corrected chi connectivity index (χ1v) is 12.2. The minimum absolute atomic E-state index is 0.0208. The predicted octanol–water partition coefficient (Wildman–Crippen LogP) is 5.72. The highest BCUT2D eigenvalue weighted by atomic mass is 35.5. The van der Waals surface area contributed by atoms with Crippen LogP contribution in [-0.4, -0.2) is 51.6 Å². The Morgan fingerprint density at radius 1 is 1.12 bits per heavy atom. The number of hydrogen-bond donors (Lipinski definition) is 1. The first-order chi connectivity index (χ1) is 15.8. The van der Waals surface area contributed by atoms with Crippen LogP contribution in [0.3, 0.4) is 0 Å². The number of rotatable bonds is 7. The third kappa shape index (κ3) is 4.76. The number of halogens is 2. The fourth-order valence-electron chi connectivity index (χ4n) is 4.66. The Morgan fingerprint density at radius 3 is 2.61 bits per heavy atom. The lowest BCUT2D eigenvalue weighted by atomic mass is 9.96. The molecule has 1 aliphatic rings. The Bertz CT molecular complexity index is 1150. The van der Waals surface area contributed by atoms with Gasteiger partial charge in [0.05, 0.1) is 33.5 Å². The van der Waals surface area contributed by atoms with Crippen molar-refractivity contribution in [3.8, 4) is 5.69 Å². The fraction of sp³-hybridized carbons (Fsp3) is 0.360. The van der Waals surface area contributed by atoms with Crippen LogP contribution in [0.1, 0.15) is 41.1 Å². The van der Waals surface area contributed by atoms with Crippen LogP contribution in [0.4, 0.5) is 0 Å². The molecule has 5 nitrogen and oxygen atoms in total. The van der Waals surface area contributed by atoms with E-state index in [0.717, 1.165) is 47.4 Å². The third-order valence-corrected chi connectivity index (χ3v) is 7.32. The number of benzene rings is 1. The van der Waals surface area contributed by atoms with Crippen molar-refractivity contribution in [2.75, 3.05) is 27.2 Å². The molecular weight excluding hydrogens is 473 g/mol. The summed E-state index contributed by atoms with van der Waals surface area (Å²) in [4.78, 5) is 9.16. The minimum atomic E-state index is -0.0400. The Morgan fingerprint density at radius 2 is 1.91 bits per heavy atom. The second kappa shape index (κ2) is 10.0. The molecule has 174 valence electrons. The SMILES string of the molecule is Cc1cc([C@H]2[C@@H](c3ccccn3)NC(=S)N2CCCN(C)C)c(C)n1-c1cccc(Cl)c1Cl. The predicted molar refractivity (Wildman–Crippen MR) is 141 cm³/mol. The fourth-order valence-corrected chi connectivity index (χ4v) is 5.38. The number of thiocarbonyl (C=S) groups is 1. The number of nitrogens with one attached hydrogen (secondary N) is 1. The molecule has 2 aromatic heterocycles. The molecule has 0 radical (unpaired) electrons. The third-order valence-electron chi connectivity index (χ3n) is 6.16. The zero-order valence-electron chi connectivity index (χ0n) is 19.3. The monoisotopic (exact) mass is 501 g/mol. The average molecular weight is 503 g/mol. The lowest BCUT2D eigenvalue weighted by Crippen LogP contribution is -2.32. The van der Waals surface area contributed by atoms with Gasteiger partial charge in [0.15, 0.2) is 5.11 Å². The molecule has 8 heteroatoms. The first-order valence-electron chi connectivity index (χ1n) is 11.1. The molecule has 1 saturated heterocycles. The summed E-state index contributed by atoms with van der Waals surface area (Å²) in [5, 5.41) is 5.41. The highest BCUT2D eigenvalue weighted by Gasteiger charge is 2.41. The molecule has 0 unspecified atom stereocenters.